The Kier molecular flexibility index (Phi) is 2.84. The first kappa shape index (κ1) is 8.93. The molecule has 1 aliphatic rings. The molecule has 11 heavy (non-hydrogen) atoms. The summed E-state index contributed by atoms with van der Waals surface area (Å²) in [7, 11) is 0. The van der Waals surface area contributed by atoms with Crippen LogP contribution in [0.25, 0.3) is 0 Å². The molecular formula is C7H14O4. The van der Waals surface area contributed by atoms with E-state index in [1.54, 1.807) is 6.92 Å². The van der Waals surface area contributed by atoms with Crippen molar-refractivity contribution in [2.45, 2.75) is 25.2 Å². The standard InChI is InChI=1S/C7H14O4/c1-4-5(2-8)11-6(3-9)7(4)10/h4-10H,2-3H2,1H3. The van der Waals surface area contributed by atoms with Gasteiger partial charge in [-0.15, -0.1) is 0 Å². The fourth-order valence-corrected chi connectivity index (χ4v) is 1.35. The maximum absolute atomic E-state index is 9.36. The van der Waals surface area contributed by atoms with Crippen LogP contribution in [0.15, 0.2) is 0 Å². The van der Waals surface area contributed by atoms with Gasteiger partial charge in [0.2, 0.25) is 0 Å². The van der Waals surface area contributed by atoms with E-state index in [0.717, 1.165) is 0 Å². The van der Waals surface area contributed by atoms with Gasteiger partial charge in [-0.3, -0.25) is 0 Å². The van der Waals surface area contributed by atoms with Gasteiger partial charge in [0.1, 0.15) is 6.10 Å². The van der Waals surface area contributed by atoms with Crippen molar-refractivity contribution < 1.29 is 20.1 Å². The number of ether oxygens (including phenoxy) is 1. The van der Waals surface area contributed by atoms with Gasteiger partial charge in [-0.1, -0.05) is 6.92 Å². The molecule has 1 fully saturated rings. The summed E-state index contributed by atoms with van der Waals surface area (Å²) in [6, 6.07) is 0. The van der Waals surface area contributed by atoms with Crippen molar-refractivity contribution in [3.63, 3.8) is 0 Å². The Morgan fingerprint density at radius 3 is 2.00 bits per heavy atom. The van der Waals surface area contributed by atoms with E-state index in [9.17, 15) is 5.11 Å². The Balaban J connectivity index is 2.53. The third kappa shape index (κ3) is 1.54. The molecule has 0 bridgehead atoms. The normalized spacial score (nSPS) is 44.7. The van der Waals surface area contributed by atoms with E-state index >= 15 is 0 Å². The smallest absolute Gasteiger partial charge is 0.107 e. The molecule has 0 aromatic carbocycles. The molecule has 3 N–H and O–H groups in total. The number of hydrogen-bond acceptors (Lipinski definition) is 4. The zero-order valence-corrected chi connectivity index (χ0v) is 6.47. The van der Waals surface area contributed by atoms with E-state index in [4.69, 9.17) is 14.9 Å². The first-order valence-corrected chi connectivity index (χ1v) is 3.76. The van der Waals surface area contributed by atoms with Gasteiger partial charge in [0.05, 0.1) is 25.4 Å². The zero-order chi connectivity index (χ0) is 8.43. The van der Waals surface area contributed by atoms with Crippen molar-refractivity contribution in [2.75, 3.05) is 13.2 Å². The van der Waals surface area contributed by atoms with Crippen molar-refractivity contribution in [1.82, 2.24) is 0 Å². The lowest BCUT2D eigenvalue weighted by atomic mass is 9.99. The van der Waals surface area contributed by atoms with Gasteiger partial charge in [0, 0.05) is 5.92 Å². The van der Waals surface area contributed by atoms with Crippen LogP contribution < -0.4 is 0 Å². The summed E-state index contributed by atoms with van der Waals surface area (Å²) in [6.07, 6.45) is -1.51. The van der Waals surface area contributed by atoms with Crippen molar-refractivity contribution >= 4 is 0 Å². The van der Waals surface area contributed by atoms with Gasteiger partial charge in [0.15, 0.2) is 0 Å². The minimum atomic E-state index is -0.655. The van der Waals surface area contributed by atoms with Crippen molar-refractivity contribution in [3.8, 4) is 0 Å². The quantitative estimate of drug-likeness (QED) is 0.474. The van der Waals surface area contributed by atoms with E-state index in [1.165, 1.54) is 0 Å². The van der Waals surface area contributed by atoms with Crippen LogP contribution in [0.4, 0.5) is 0 Å². The summed E-state index contributed by atoms with van der Waals surface area (Å²) in [6.45, 7) is 1.50. The molecule has 1 saturated heterocycles. The topological polar surface area (TPSA) is 69.9 Å². The minimum absolute atomic E-state index is 0.0999. The molecule has 4 nitrogen and oxygen atoms in total. The molecule has 66 valence electrons. The number of aliphatic hydroxyl groups excluding tert-OH is 3. The molecule has 0 saturated carbocycles. The molecule has 4 atom stereocenters. The van der Waals surface area contributed by atoms with Crippen LogP contribution in [-0.2, 0) is 4.74 Å². The van der Waals surface area contributed by atoms with E-state index < -0.39 is 12.2 Å². The van der Waals surface area contributed by atoms with Gasteiger partial charge in [-0.2, -0.15) is 0 Å². The molecule has 1 heterocycles. The monoisotopic (exact) mass is 162 g/mol. The van der Waals surface area contributed by atoms with E-state index in [-0.39, 0.29) is 25.2 Å². The second kappa shape index (κ2) is 3.49. The lowest BCUT2D eigenvalue weighted by Crippen LogP contribution is -2.28. The summed E-state index contributed by atoms with van der Waals surface area (Å²) >= 11 is 0. The number of hydrogen-bond donors (Lipinski definition) is 3. The fraction of sp³-hybridized carbons (Fsp3) is 1.00. The van der Waals surface area contributed by atoms with Crippen molar-refractivity contribution in [1.29, 1.82) is 0 Å². The Morgan fingerprint density at radius 1 is 1.18 bits per heavy atom. The average molecular weight is 162 g/mol. The molecule has 1 rings (SSSR count). The maximum Gasteiger partial charge on any atom is 0.107 e. The van der Waals surface area contributed by atoms with E-state index in [2.05, 4.69) is 0 Å². The van der Waals surface area contributed by atoms with Crippen molar-refractivity contribution in [3.05, 3.63) is 0 Å². The van der Waals surface area contributed by atoms with Crippen LogP contribution in [0.1, 0.15) is 6.92 Å². The second-order valence-corrected chi connectivity index (χ2v) is 2.93. The highest BCUT2D eigenvalue weighted by atomic mass is 16.5. The molecule has 4 unspecified atom stereocenters. The zero-order valence-electron chi connectivity index (χ0n) is 6.47. The first-order valence-electron chi connectivity index (χ1n) is 3.76. The Hall–Kier alpha value is -0.160. The minimum Gasteiger partial charge on any atom is -0.394 e. The third-order valence-corrected chi connectivity index (χ3v) is 2.22. The molecule has 0 aromatic rings. The number of aliphatic hydroxyl groups is 3. The largest absolute Gasteiger partial charge is 0.394 e. The summed E-state index contributed by atoms with van der Waals surface area (Å²) < 4.78 is 5.13. The average Bonchev–Trinajstić information content (AvgIpc) is 2.30. The first-order chi connectivity index (χ1) is 5.20. The highest BCUT2D eigenvalue weighted by Crippen LogP contribution is 2.25. The summed E-state index contributed by atoms with van der Waals surface area (Å²) in [4.78, 5) is 0. The van der Waals surface area contributed by atoms with Gasteiger partial charge >= 0.3 is 0 Å². The van der Waals surface area contributed by atoms with Crippen LogP contribution >= 0.6 is 0 Å². The highest BCUT2D eigenvalue weighted by molar-refractivity contribution is 4.87. The SMILES string of the molecule is CC1C(CO)OC(CO)C1O. The van der Waals surface area contributed by atoms with Crippen LogP contribution in [0.5, 0.6) is 0 Å². The predicted molar refractivity (Wildman–Crippen MR) is 38.0 cm³/mol. The Morgan fingerprint density at radius 2 is 1.73 bits per heavy atom. The van der Waals surface area contributed by atoms with E-state index in [0.29, 0.717) is 0 Å². The molecular weight excluding hydrogens is 148 g/mol. The molecule has 0 aromatic heterocycles. The van der Waals surface area contributed by atoms with Crippen molar-refractivity contribution in [2.24, 2.45) is 5.92 Å². The summed E-state index contributed by atoms with van der Waals surface area (Å²) in [5, 5.41) is 26.8. The fourth-order valence-electron chi connectivity index (χ4n) is 1.35. The summed E-state index contributed by atoms with van der Waals surface area (Å²) in [5.41, 5.74) is 0. The van der Waals surface area contributed by atoms with Crippen LogP contribution in [0.2, 0.25) is 0 Å². The van der Waals surface area contributed by atoms with E-state index in [1.807, 2.05) is 0 Å². The highest BCUT2D eigenvalue weighted by Gasteiger charge is 2.39. The molecule has 0 spiro atoms. The van der Waals surface area contributed by atoms with Crippen LogP contribution in [0.3, 0.4) is 0 Å². The van der Waals surface area contributed by atoms with Gasteiger partial charge < -0.3 is 20.1 Å². The van der Waals surface area contributed by atoms with Gasteiger partial charge in [-0.05, 0) is 0 Å². The molecule has 0 amide bonds. The third-order valence-electron chi connectivity index (χ3n) is 2.22. The maximum atomic E-state index is 9.36. The van der Waals surface area contributed by atoms with Crippen LogP contribution in [-0.4, -0.2) is 46.8 Å². The summed E-state index contributed by atoms with van der Waals surface area (Å²) in [5.74, 6) is -0.0999. The van der Waals surface area contributed by atoms with Crippen LogP contribution in [0, 0.1) is 5.92 Å². The predicted octanol–water partition coefficient (Wildman–Crippen LogP) is -1.26. The van der Waals surface area contributed by atoms with Gasteiger partial charge in [-0.25, -0.2) is 0 Å². The lowest BCUT2D eigenvalue weighted by molar-refractivity contribution is -0.0362. The number of rotatable bonds is 2. The molecule has 1 aliphatic heterocycles. The Bertz CT molecular complexity index is 110. The second-order valence-electron chi connectivity index (χ2n) is 2.93. The molecule has 0 aliphatic carbocycles. The lowest BCUT2D eigenvalue weighted by Gasteiger charge is -2.11. The Labute approximate surface area is 65.4 Å². The molecule has 0 radical (unpaired) electrons. The van der Waals surface area contributed by atoms with Gasteiger partial charge in [0.25, 0.3) is 0 Å². The molecule has 4 heteroatoms.